The summed E-state index contributed by atoms with van der Waals surface area (Å²) in [6, 6.07) is 3.64. The van der Waals surface area contributed by atoms with Gasteiger partial charge in [0.2, 0.25) is 5.56 Å². The van der Waals surface area contributed by atoms with Crippen LogP contribution < -0.4 is 15.8 Å². The lowest BCUT2D eigenvalue weighted by Crippen LogP contribution is -2.50. The van der Waals surface area contributed by atoms with Gasteiger partial charge in [-0.1, -0.05) is 6.08 Å². The lowest BCUT2D eigenvalue weighted by atomic mass is 9.98. The summed E-state index contributed by atoms with van der Waals surface area (Å²) < 4.78 is 48.3. The Balaban J connectivity index is 1.72. The Morgan fingerprint density at radius 2 is 1.90 bits per heavy atom. The van der Waals surface area contributed by atoms with Crippen molar-refractivity contribution < 1.29 is 27.5 Å². The van der Waals surface area contributed by atoms with Crippen molar-refractivity contribution in [2.45, 2.75) is 45.8 Å². The highest BCUT2D eigenvalue weighted by atomic mass is 19.3. The van der Waals surface area contributed by atoms with Crippen LogP contribution in [0.5, 0.6) is 0 Å². The minimum Gasteiger partial charge on any atom is -0.447 e. The molecule has 1 unspecified atom stereocenters. The van der Waals surface area contributed by atoms with Gasteiger partial charge in [-0.25, -0.2) is 18.0 Å². The molecule has 12 heteroatoms. The molecule has 9 nitrogen and oxygen atoms in total. The Kier molecular flexibility index (Phi) is 8.87. The van der Waals surface area contributed by atoms with Crippen molar-refractivity contribution in [1.29, 1.82) is 0 Å². The number of amides is 2. The fraction of sp³-hybridized carbons (Fsp3) is 0.464. The van der Waals surface area contributed by atoms with Gasteiger partial charge >= 0.3 is 6.09 Å². The molecule has 0 spiro atoms. The van der Waals surface area contributed by atoms with Crippen LogP contribution in [0.25, 0.3) is 5.57 Å². The molecule has 2 aromatic rings. The first-order chi connectivity index (χ1) is 18.9. The Morgan fingerprint density at radius 3 is 2.58 bits per heavy atom. The maximum absolute atomic E-state index is 15.7. The Morgan fingerprint density at radius 1 is 1.15 bits per heavy atom. The molecule has 0 radical (unpaired) electrons. The van der Waals surface area contributed by atoms with Crippen LogP contribution in [-0.4, -0.2) is 78.7 Å². The molecule has 0 aliphatic carbocycles. The van der Waals surface area contributed by atoms with E-state index in [4.69, 9.17) is 4.74 Å². The molecule has 2 N–H and O–H groups in total. The van der Waals surface area contributed by atoms with Crippen LogP contribution in [0.3, 0.4) is 0 Å². The predicted octanol–water partition coefficient (Wildman–Crippen LogP) is 4.48. The van der Waals surface area contributed by atoms with Crippen LogP contribution in [0.15, 0.2) is 35.3 Å². The maximum atomic E-state index is 15.7. The van der Waals surface area contributed by atoms with Gasteiger partial charge in [0.1, 0.15) is 5.82 Å². The zero-order valence-electron chi connectivity index (χ0n) is 23.0. The van der Waals surface area contributed by atoms with Crippen molar-refractivity contribution in [3.05, 3.63) is 63.3 Å². The smallest absolute Gasteiger partial charge is 0.410 e. The lowest BCUT2D eigenvalue weighted by Gasteiger charge is -2.40. The number of carbonyl (C=O) groups is 2. The van der Waals surface area contributed by atoms with Gasteiger partial charge in [-0.3, -0.25) is 9.59 Å². The number of anilines is 2. The average Bonchev–Trinajstić information content (AvgIpc) is 2.90. The van der Waals surface area contributed by atoms with Crippen molar-refractivity contribution in [2.75, 3.05) is 50.0 Å². The first-order valence-corrected chi connectivity index (χ1v) is 13.2. The molecule has 1 aromatic carbocycles. The van der Waals surface area contributed by atoms with E-state index in [2.05, 4.69) is 15.2 Å². The zero-order valence-corrected chi connectivity index (χ0v) is 23.0. The standard InChI is InChI=1S/C28H34F3N5O4/c1-16(2)40-28(39)36-7-5-6-18(15-36)19-10-23(24(12-22(19)29)35-9-8-34(4)17(3)14-35)33-27(38)21-13-32-25(37)11-20(21)26(30)31/h6,10-13,16-17,26H,5,7-9,14-15H2,1-4H3,(H,32,37)(H,33,38). The number of alkyl halides is 2. The molecule has 216 valence electrons. The Bertz CT molecular complexity index is 1360. The molecule has 1 atom stereocenters. The van der Waals surface area contributed by atoms with Gasteiger partial charge in [-0.15, -0.1) is 0 Å². The number of likely N-dealkylation sites (N-methyl/N-ethyl adjacent to an activating group) is 1. The summed E-state index contributed by atoms with van der Waals surface area (Å²) in [5.41, 5.74) is -0.495. The second-order valence-corrected chi connectivity index (χ2v) is 10.4. The molecule has 40 heavy (non-hydrogen) atoms. The molecule has 3 heterocycles. The number of halogens is 3. The zero-order chi connectivity index (χ0) is 29.1. The van der Waals surface area contributed by atoms with Gasteiger partial charge in [0.05, 0.1) is 23.0 Å². The number of piperazine rings is 1. The highest BCUT2D eigenvalue weighted by molar-refractivity contribution is 6.07. The number of ether oxygens (including phenoxy) is 1. The molecule has 1 aromatic heterocycles. The van der Waals surface area contributed by atoms with Gasteiger partial charge in [0, 0.05) is 62.2 Å². The molecule has 0 bridgehead atoms. The quantitative estimate of drug-likeness (QED) is 0.540. The molecule has 2 amide bonds. The molecular weight excluding hydrogens is 527 g/mol. The summed E-state index contributed by atoms with van der Waals surface area (Å²) in [6.07, 6.45) is -0.599. The number of pyridine rings is 1. The van der Waals surface area contributed by atoms with Crippen LogP contribution in [0.2, 0.25) is 0 Å². The number of nitrogens with one attached hydrogen (secondary N) is 2. The molecular formula is C28H34F3N5O4. The summed E-state index contributed by atoms with van der Waals surface area (Å²) in [4.78, 5) is 45.2. The molecule has 1 saturated heterocycles. The monoisotopic (exact) mass is 561 g/mol. The lowest BCUT2D eigenvalue weighted by molar-refractivity contribution is 0.0802. The molecule has 0 saturated carbocycles. The maximum Gasteiger partial charge on any atom is 0.410 e. The van der Waals surface area contributed by atoms with E-state index in [1.165, 1.54) is 17.0 Å². The third-order valence-electron chi connectivity index (χ3n) is 7.16. The number of aromatic nitrogens is 1. The molecule has 4 rings (SSSR count). The van der Waals surface area contributed by atoms with E-state index in [1.807, 2.05) is 24.9 Å². The summed E-state index contributed by atoms with van der Waals surface area (Å²) in [5.74, 6) is -1.41. The molecule has 2 aliphatic heterocycles. The normalized spacial score (nSPS) is 18.2. The SMILES string of the molecule is CC(C)OC(=O)N1CCC=C(c2cc(NC(=O)c3c[nH]c(=O)cc3C(F)F)c(N3CCN(C)C(C)C3)cc2F)C1. The van der Waals surface area contributed by atoms with Crippen LogP contribution in [0.1, 0.15) is 55.1 Å². The number of aromatic amines is 1. The molecule has 2 aliphatic rings. The number of hydrogen-bond donors (Lipinski definition) is 2. The van der Waals surface area contributed by atoms with Gasteiger partial charge in [-0.05, 0) is 51.9 Å². The van der Waals surface area contributed by atoms with E-state index in [0.29, 0.717) is 49.9 Å². The van der Waals surface area contributed by atoms with E-state index < -0.39 is 40.9 Å². The highest BCUT2D eigenvalue weighted by Crippen LogP contribution is 2.35. The first-order valence-electron chi connectivity index (χ1n) is 13.2. The van der Waals surface area contributed by atoms with Gasteiger partial charge in [-0.2, -0.15) is 0 Å². The van der Waals surface area contributed by atoms with Crippen LogP contribution in [0.4, 0.5) is 29.3 Å². The van der Waals surface area contributed by atoms with Crippen molar-refractivity contribution >= 4 is 28.9 Å². The average molecular weight is 562 g/mol. The van der Waals surface area contributed by atoms with Crippen molar-refractivity contribution in [3.8, 4) is 0 Å². The first kappa shape index (κ1) is 29.2. The van der Waals surface area contributed by atoms with Gasteiger partial charge < -0.3 is 29.7 Å². The van der Waals surface area contributed by atoms with Crippen LogP contribution in [-0.2, 0) is 4.74 Å². The second-order valence-electron chi connectivity index (χ2n) is 10.4. The number of benzene rings is 1. The number of rotatable bonds is 6. The summed E-state index contributed by atoms with van der Waals surface area (Å²) in [7, 11) is 1.99. The van der Waals surface area contributed by atoms with E-state index in [0.717, 1.165) is 6.20 Å². The predicted molar refractivity (Wildman–Crippen MR) is 146 cm³/mol. The summed E-state index contributed by atoms with van der Waals surface area (Å²) in [5, 5.41) is 2.68. The van der Waals surface area contributed by atoms with Crippen molar-refractivity contribution in [3.63, 3.8) is 0 Å². The van der Waals surface area contributed by atoms with E-state index in [-0.39, 0.29) is 29.9 Å². The second kappa shape index (κ2) is 12.2. The number of nitrogens with zero attached hydrogens (tertiary/aromatic N) is 3. The number of hydrogen-bond acceptors (Lipinski definition) is 6. The van der Waals surface area contributed by atoms with Crippen molar-refractivity contribution in [1.82, 2.24) is 14.8 Å². The fourth-order valence-electron chi connectivity index (χ4n) is 4.86. The number of carbonyl (C=O) groups excluding carboxylic acids is 2. The highest BCUT2D eigenvalue weighted by Gasteiger charge is 2.28. The third kappa shape index (κ3) is 6.49. The topological polar surface area (TPSA) is 98.0 Å². The largest absolute Gasteiger partial charge is 0.447 e. The van der Waals surface area contributed by atoms with E-state index in [9.17, 15) is 23.2 Å². The van der Waals surface area contributed by atoms with E-state index >= 15 is 4.39 Å². The molecule has 1 fully saturated rings. The summed E-state index contributed by atoms with van der Waals surface area (Å²) >= 11 is 0. The Hall–Kier alpha value is -3.80. The fourth-order valence-corrected chi connectivity index (χ4v) is 4.86. The minimum atomic E-state index is -3.05. The Labute approximate surface area is 230 Å². The van der Waals surface area contributed by atoms with Crippen LogP contribution >= 0.6 is 0 Å². The van der Waals surface area contributed by atoms with Gasteiger partial charge in [0.25, 0.3) is 12.3 Å². The van der Waals surface area contributed by atoms with Crippen molar-refractivity contribution in [2.24, 2.45) is 0 Å². The minimum absolute atomic E-state index is 0.107. The summed E-state index contributed by atoms with van der Waals surface area (Å²) in [6.45, 7) is 7.85. The number of H-pyrrole nitrogens is 1. The third-order valence-corrected chi connectivity index (χ3v) is 7.16. The van der Waals surface area contributed by atoms with E-state index in [1.54, 1.807) is 13.8 Å². The van der Waals surface area contributed by atoms with Crippen LogP contribution in [0, 0.1) is 5.82 Å². The van der Waals surface area contributed by atoms with Gasteiger partial charge in [0.15, 0.2) is 0 Å².